The van der Waals surface area contributed by atoms with Gasteiger partial charge in [-0.2, -0.15) is 0 Å². The molecule has 0 amide bonds. The smallest absolute Gasteiger partial charge is 0.258 e. The van der Waals surface area contributed by atoms with Crippen LogP contribution in [0.15, 0.2) is 40.9 Å². The molecule has 1 aromatic carbocycles. The molecule has 0 aliphatic heterocycles. The van der Waals surface area contributed by atoms with Crippen molar-refractivity contribution in [2.75, 3.05) is 0 Å². The van der Waals surface area contributed by atoms with E-state index in [1.807, 2.05) is 6.07 Å². The van der Waals surface area contributed by atoms with Gasteiger partial charge in [-0.1, -0.05) is 45.7 Å². The number of halogens is 2. The van der Waals surface area contributed by atoms with E-state index < -0.39 is 4.92 Å². The topological polar surface area (TPSA) is 56.0 Å². The van der Waals surface area contributed by atoms with Crippen LogP contribution < -0.4 is 0 Å². The van der Waals surface area contributed by atoms with E-state index in [0.717, 1.165) is 4.47 Å². The van der Waals surface area contributed by atoms with Crippen LogP contribution in [0.25, 0.3) is 11.3 Å². The second-order valence-corrected chi connectivity index (χ2v) is 4.48. The highest BCUT2D eigenvalue weighted by Crippen LogP contribution is 2.33. The van der Waals surface area contributed by atoms with Crippen LogP contribution in [0, 0.1) is 10.1 Å². The van der Waals surface area contributed by atoms with Gasteiger partial charge in [0.2, 0.25) is 0 Å². The van der Waals surface area contributed by atoms with Crippen molar-refractivity contribution >= 4 is 33.2 Å². The first-order valence-corrected chi connectivity index (χ1v) is 5.82. The molecule has 1 heterocycles. The van der Waals surface area contributed by atoms with Crippen molar-refractivity contribution in [2.45, 2.75) is 0 Å². The lowest BCUT2D eigenvalue weighted by Gasteiger charge is -2.04. The molecule has 0 bridgehead atoms. The van der Waals surface area contributed by atoms with E-state index in [4.69, 9.17) is 11.6 Å². The molecule has 6 heteroatoms. The zero-order valence-electron chi connectivity index (χ0n) is 8.43. The second kappa shape index (κ2) is 4.81. The fourth-order valence-corrected chi connectivity index (χ4v) is 2.05. The lowest BCUT2D eigenvalue weighted by Crippen LogP contribution is -1.95. The van der Waals surface area contributed by atoms with Crippen molar-refractivity contribution in [3.05, 3.63) is 56.1 Å². The van der Waals surface area contributed by atoms with Gasteiger partial charge in [0.1, 0.15) is 5.15 Å². The molecule has 2 rings (SSSR count). The highest BCUT2D eigenvalue weighted by molar-refractivity contribution is 9.10. The molecule has 0 aliphatic carbocycles. The summed E-state index contributed by atoms with van der Waals surface area (Å²) in [5, 5.41) is 11.1. The summed E-state index contributed by atoms with van der Waals surface area (Å²) < 4.78 is 0.734. The van der Waals surface area contributed by atoms with Crippen molar-refractivity contribution < 1.29 is 4.92 Å². The van der Waals surface area contributed by atoms with Crippen LogP contribution in [-0.2, 0) is 0 Å². The van der Waals surface area contributed by atoms with Crippen LogP contribution in [0.1, 0.15) is 0 Å². The van der Waals surface area contributed by atoms with Crippen LogP contribution in [0.3, 0.4) is 0 Å². The number of pyridine rings is 1. The number of hydrogen-bond acceptors (Lipinski definition) is 3. The maximum Gasteiger partial charge on any atom is 0.295 e. The van der Waals surface area contributed by atoms with E-state index in [2.05, 4.69) is 20.9 Å². The molecular weight excluding hydrogens is 307 g/mol. The van der Waals surface area contributed by atoms with E-state index in [0.29, 0.717) is 5.56 Å². The summed E-state index contributed by atoms with van der Waals surface area (Å²) in [7, 11) is 0. The molecule has 1 aromatic heterocycles. The number of nitro groups is 1. The Bertz CT molecular complexity index is 589. The molecule has 0 spiro atoms. The van der Waals surface area contributed by atoms with Crippen molar-refractivity contribution in [2.24, 2.45) is 0 Å². The maximum absolute atomic E-state index is 10.9. The van der Waals surface area contributed by atoms with E-state index in [1.54, 1.807) is 18.2 Å². The summed E-state index contributed by atoms with van der Waals surface area (Å²) in [6.07, 6.45) is 0. The zero-order chi connectivity index (χ0) is 12.4. The standard InChI is InChI=1S/C11H6BrClN2O2/c12-8-4-2-1-3-7(8)11-9(15(16)17)5-6-10(13)14-11/h1-6H. The molecule has 0 fully saturated rings. The SMILES string of the molecule is O=[N+]([O-])c1ccc(Cl)nc1-c1ccccc1Br. The molecule has 2 aromatic rings. The molecule has 86 valence electrons. The predicted molar refractivity (Wildman–Crippen MR) is 69.0 cm³/mol. The van der Waals surface area contributed by atoms with Crippen molar-refractivity contribution in [3.63, 3.8) is 0 Å². The Morgan fingerprint density at radius 2 is 1.94 bits per heavy atom. The predicted octanol–water partition coefficient (Wildman–Crippen LogP) is 4.07. The molecule has 0 unspecified atom stereocenters. The summed E-state index contributed by atoms with van der Waals surface area (Å²) in [6, 6.07) is 9.90. The Kier molecular flexibility index (Phi) is 3.40. The summed E-state index contributed by atoms with van der Waals surface area (Å²) in [5.41, 5.74) is 0.831. The fourth-order valence-electron chi connectivity index (χ4n) is 1.43. The molecule has 0 radical (unpaired) electrons. The van der Waals surface area contributed by atoms with Crippen LogP contribution >= 0.6 is 27.5 Å². The second-order valence-electron chi connectivity index (χ2n) is 3.24. The van der Waals surface area contributed by atoms with Gasteiger partial charge in [-0.15, -0.1) is 0 Å². The highest BCUT2D eigenvalue weighted by atomic mass is 79.9. The van der Waals surface area contributed by atoms with E-state index >= 15 is 0 Å². The molecule has 4 nitrogen and oxygen atoms in total. The van der Waals surface area contributed by atoms with Crippen molar-refractivity contribution in [1.29, 1.82) is 0 Å². The minimum absolute atomic E-state index is 0.0682. The first kappa shape index (κ1) is 12.0. The summed E-state index contributed by atoms with van der Waals surface area (Å²) >= 11 is 9.11. The largest absolute Gasteiger partial charge is 0.295 e. The lowest BCUT2D eigenvalue weighted by molar-refractivity contribution is -0.384. The van der Waals surface area contributed by atoms with Gasteiger partial charge in [-0.05, 0) is 12.1 Å². The van der Waals surface area contributed by atoms with Gasteiger partial charge in [0.15, 0.2) is 5.69 Å². The number of benzene rings is 1. The van der Waals surface area contributed by atoms with Crippen LogP contribution in [-0.4, -0.2) is 9.91 Å². The quantitative estimate of drug-likeness (QED) is 0.477. The maximum atomic E-state index is 10.9. The summed E-state index contributed by atoms with van der Waals surface area (Å²) in [4.78, 5) is 14.5. The van der Waals surface area contributed by atoms with Crippen molar-refractivity contribution in [1.82, 2.24) is 4.98 Å². The number of hydrogen-bond donors (Lipinski definition) is 0. The van der Waals surface area contributed by atoms with Gasteiger partial charge < -0.3 is 0 Å². The average Bonchev–Trinajstić information content (AvgIpc) is 2.29. The van der Waals surface area contributed by atoms with E-state index in [9.17, 15) is 10.1 Å². The Hall–Kier alpha value is -1.46. The first-order chi connectivity index (χ1) is 8.09. The molecule has 0 aliphatic rings. The van der Waals surface area contributed by atoms with Gasteiger partial charge in [-0.25, -0.2) is 4.98 Å². The third-order valence-electron chi connectivity index (χ3n) is 2.17. The average molecular weight is 314 g/mol. The van der Waals surface area contributed by atoms with E-state index in [-0.39, 0.29) is 16.5 Å². The molecule has 0 atom stereocenters. The normalized spacial score (nSPS) is 10.2. The van der Waals surface area contributed by atoms with Gasteiger partial charge >= 0.3 is 0 Å². The lowest BCUT2D eigenvalue weighted by atomic mass is 10.1. The van der Waals surface area contributed by atoms with Gasteiger partial charge in [0.05, 0.1) is 4.92 Å². The Labute approximate surface area is 111 Å². The first-order valence-electron chi connectivity index (χ1n) is 4.65. The Morgan fingerprint density at radius 3 is 2.59 bits per heavy atom. The molecule has 0 N–H and O–H groups in total. The number of nitrogens with zero attached hydrogens (tertiary/aromatic N) is 2. The van der Waals surface area contributed by atoms with Crippen LogP contribution in [0.4, 0.5) is 5.69 Å². The van der Waals surface area contributed by atoms with E-state index in [1.165, 1.54) is 12.1 Å². The highest BCUT2D eigenvalue weighted by Gasteiger charge is 2.18. The van der Waals surface area contributed by atoms with Crippen LogP contribution in [0.2, 0.25) is 5.15 Å². The van der Waals surface area contributed by atoms with Crippen LogP contribution in [0.5, 0.6) is 0 Å². The molecule has 17 heavy (non-hydrogen) atoms. The fraction of sp³-hybridized carbons (Fsp3) is 0. The third-order valence-corrected chi connectivity index (χ3v) is 3.07. The minimum Gasteiger partial charge on any atom is -0.258 e. The van der Waals surface area contributed by atoms with Crippen molar-refractivity contribution in [3.8, 4) is 11.3 Å². The molecule has 0 saturated heterocycles. The monoisotopic (exact) mass is 312 g/mol. The summed E-state index contributed by atoms with van der Waals surface area (Å²) in [6.45, 7) is 0. The number of aromatic nitrogens is 1. The minimum atomic E-state index is -0.474. The Balaban J connectivity index is 2.70. The van der Waals surface area contributed by atoms with Gasteiger partial charge in [-0.3, -0.25) is 10.1 Å². The van der Waals surface area contributed by atoms with Gasteiger partial charge in [0.25, 0.3) is 5.69 Å². The molecular formula is C11H6BrClN2O2. The zero-order valence-corrected chi connectivity index (χ0v) is 10.8. The summed E-state index contributed by atoms with van der Waals surface area (Å²) in [5.74, 6) is 0. The van der Waals surface area contributed by atoms with Gasteiger partial charge in [0, 0.05) is 16.1 Å². The molecule has 0 saturated carbocycles. The third kappa shape index (κ3) is 2.45. The Morgan fingerprint density at radius 1 is 1.24 bits per heavy atom. The number of rotatable bonds is 2.